The van der Waals surface area contributed by atoms with Crippen LogP contribution in [0.2, 0.25) is 0 Å². The van der Waals surface area contributed by atoms with Gasteiger partial charge < -0.3 is 0 Å². The van der Waals surface area contributed by atoms with Crippen LogP contribution in [0.5, 0.6) is 0 Å². The van der Waals surface area contributed by atoms with Gasteiger partial charge in [-0.1, -0.05) is 66.7 Å². The van der Waals surface area contributed by atoms with Crippen molar-refractivity contribution in [3.8, 4) is 84.7 Å². The molecule has 0 amide bonds. The van der Waals surface area contributed by atoms with E-state index in [1.54, 1.807) is 6.07 Å². The van der Waals surface area contributed by atoms with Gasteiger partial charge in [-0.05, 0) is 52.6 Å². The van der Waals surface area contributed by atoms with E-state index in [2.05, 4.69) is 15.0 Å². The van der Waals surface area contributed by atoms with Gasteiger partial charge in [0.05, 0.1) is 33.9 Å². The molecule has 8 aromatic carbocycles. The number of hydrogen-bond acceptors (Lipinski definition) is 6. The predicted molar refractivity (Wildman–Crippen MR) is 246 cm³/mol. The van der Waals surface area contributed by atoms with E-state index in [9.17, 15) is 101 Å². The summed E-state index contributed by atoms with van der Waals surface area (Å²) < 4.78 is 338. The Morgan fingerprint density at radius 2 is 0.500 bits per heavy atom. The van der Waals surface area contributed by atoms with E-state index >= 15 is 0 Å². The fourth-order valence-corrected chi connectivity index (χ4v) is 7.38. The molecule has 0 fully saturated rings. The summed E-state index contributed by atoms with van der Waals surface area (Å²) >= 11 is 0. The van der Waals surface area contributed by atoms with Crippen molar-refractivity contribution in [3.63, 3.8) is 0 Å². The molecule has 0 aliphatic heterocycles. The van der Waals surface area contributed by atoms with Crippen LogP contribution in [0.3, 0.4) is 0 Å². The van der Waals surface area contributed by atoms with Crippen molar-refractivity contribution < 1.29 is 114 Å². The zero-order valence-corrected chi connectivity index (χ0v) is 40.7. The molecule has 1 N–H and O–H groups in total. The largest absolute Gasteiger partial charge is 0.522 e. The van der Waals surface area contributed by atoms with Crippen LogP contribution in [0.15, 0.2) is 97.1 Å². The lowest BCUT2D eigenvalue weighted by molar-refractivity contribution is -0.0510. The Balaban J connectivity index is 0.000000307. The predicted octanol–water partition coefficient (Wildman–Crippen LogP) is 16.3. The molecule has 434 valence electrons. The van der Waals surface area contributed by atoms with Gasteiger partial charge in [0.2, 0.25) is 23.3 Å². The summed E-state index contributed by atoms with van der Waals surface area (Å²) in [7, 11) is -5.84. The van der Waals surface area contributed by atoms with Crippen LogP contribution in [-0.4, -0.2) is 33.4 Å². The highest BCUT2D eigenvalue weighted by molar-refractivity contribution is 7.86. The second-order valence-electron chi connectivity index (χ2n) is 16.4. The molecule has 0 bridgehead atoms. The number of benzene rings is 8. The monoisotopic (exact) mass is 1230 g/mol. The second kappa shape index (κ2) is 23.8. The van der Waals surface area contributed by atoms with Gasteiger partial charge in [0, 0.05) is 16.7 Å². The molecule has 9 aromatic rings. The van der Waals surface area contributed by atoms with Gasteiger partial charge in [0.15, 0.2) is 111 Å². The molecule has 0 saturated heterocycles. The molecule has 31 heteroatoms. The van der Waals surface area contributed by atoms with Gasteiger partial charge in [0.25, 0.3) is 0 Å². The molecule has 7 nitrogen and oxygen atoms in total. The van der Waals surface area contributed by atoms with Gasteiger partial charge in [-0.2, -0.15) is 26.9 Å². The van der Waals surface area contributed by atoms with Crippen molar-refractivity contribution in [3.05, 3.63) is 219 Å². The van der Waals surface area contributed by atoms with Crippen LogP contribution >= 0.6 is 0 Å². The lowest BCUT2D eigenvalue weighted by Crippen LogP contribution is -2.21. The van der Waals surface area contributed by atoms with Gasteiger partial charge in [-0.15, -0.1) is 0 Å². The van der Waals surface area contributed by atoms with E-state index in [4.69, 9.17) is 18.2 Å². The normalized spacial score (nSPS) is 11.4. The fraction of sp³-hybridized carbons (Fsp3) is 0.0189. The Bertz CT molecular complexity index is 3900. The zero-order valence-electron chi connectivity index (χ0n) is 39.9. The Hall–Kier alpha value is -9.44. The summed E-state index contributed by atoms with van der Waals surface area (Å²) in [4.78, 5) is 12.7. The third-order valence-corrected chi connectivity index (χ3v) is 11.9. The quantitative estimate of drug-likeness (QED) is 0.0555. The fourth-order valence-electron chi connectivity index (χ4n) is 7.38. The summed E-state index contributed by atoms with van der Waals surface area (Å²) in [6.07, 6.45) is 0. The van der Waals surface area contributed by atoms with Crippen LogP contribution in [0.1, 0.15) is 5.56 Å². The minimum atomic E-state index is -5.84. The van der Waals surface area contributed by atoms with Crippen molar-refractivity contribution in [2.24, 2.45) is 0 Å². The first-order valence-corrected chi connectivity index (χ1v) is 23.4. The summed E-state index contributed by atoms with van der Waals surface area (Å²) in [5.41, 5.74) is -13.3. The zero-order chi connectivity index (χ0) is 62.3. The first kappa shape index (κ1) is 62.2. The Kier molecular flexibility index (Phi) is 17.6. The third kappa shape index (κ3) is 11.8. The van der Waals surface area contributed by atoms with Crippen LogP contribution in [0.4, 0.5) is 101 Å². The lowest BCUT2D eigenvalue weighted by atomic mass is 9.99. The van der Waals surface area contributed by atoms with Crippen LogP contribution in [-0.2, 0) is 10.1 Å². The van der Waals surface area contributed by atoms with Gasteiger partial charge in [-0.25, -0.2) is 103 Å². The molecule has 0 aliphatic rings. The van der Waals surface area contributed by atoms with Gasteiger partial charge in [-0.3, -0.25) is 4.55 Å². The third-order valence-electron chi connectivity index (χ3n) is 11.3. The van der Waals surface area contributed by atoms with Crippen LogP contribution in [0, 0.1) is 128 Å². The van der Waals surface area contributed by atoms with Crippen molar-refractivity contribution in [1.29, 1.82) is 5.26 Å². The number of aromatic nitrogens is 3. The molecular weight excluding hydrogens is 1210 g/mol. The van der Waals surface area contributed by atoms with Crippen LogP contribution in [0.25, 0.3) is 78.7 Å². The van der Waals surface area contributed by atoms with Crippen molar-refractivity contribution >= 4 is 10.1 Å². The molecule has 9 rings (SSSR count). The minimum Gasteiger partial charge on any atom is -0.279 e. The number of rotatable bonds is 7. The highest BCUT2D eigenvalue weighted by atomic mass is 32.2. The number of halogens is 23. The van der Waals surface area contributed by atoms with Gasteiger partial charge in [0.1, 0.15) is 0 Å². The van der Waals surface area contributed by atoms with E-state index in [1.807, 2.05) is 0 Å². The highest BCUT2D eigenvalue weighted by Crippen LogP contribution is 2.39. The number of nitrogens with zero attached hydrogens (tertiary/aromatic N) is 4. The maximum atomic E-state index is 14.8. The summed E-state index contributed by atoms with van der Waals surface area (Å²) in [6, 6.07) is 18.9. The number of nitriles is 1. The van der Waals surface area contributed by atoms with E-state index in [0.717, 1.165) is 66.7 Å². The molecule has 1 aromatic heterocycles. The van der Waals surface area contributed by atoms with E-state index in [-0.39, 0.29) is 27.8 Å². The average molecular weight is 1230 g/mol. The van der Waals surface area contributed by atoms with E-state index in [1.165, 1.54) is 30.3 Å². The Labute approximate surface area is 452 Å². The number of alkyl halides is 3. The maximum Gasteiger partial charge on any atom is 0.522 e. The molecule has 0 radical (unpaired) electrons. The molecule has 0 atom stereocenters. The summed E-state index contributed by atoms with van der Waals surface area (Å²) in [6.45, 7) is 0. The van der Waals surface area contributed by atoms with Crippen molar-refractivity contribution in [1.82, 2.24) is 15.0 Å². The maximum absolute atomic E-state index is 14.8. The summed E-state index contributed by atoms with van der Waals surface area (Å²) in [5, 5.41) is 8.66. The SMILES string of the molecule is Fc1c(F)c(F)c(-c2cccc(-c3nc(-c4cccc(-c5c(F)c(F)c(F)c(F)c5F)c4)nc(-c4cccc(-c5c(F)c(F)c(F)c(F)c5F)c4)n3)c2)c(F)c1F.N#Cc1cccc(-c2c(F)c(F)c(F)c(F)c2F)c1.O=S(=O)(O)C(F)(F)F. The Morgan fingerprint density at radius 3 is 0.702 bits per heavy atom. The number of hydrogen-bond donors (Lipinski definition) is 1. The molecule has 0 spiro atoms. The standard InChI is InChI=1S/C39H12F15N3.C13H4F5N.CHF3O3S/c40-22-19(23(41)29(47)34(52)28(22)46)13-4-1-7-16(10-13)37-55-38(17-8-2-5-14(11-17)20-24(42)30(48)35(53)31(49)25(20)43)57-39(56-37)18-9-3-6-15(12-18)21-26(44)32(50)36(54)33(51)27(21)45;14-9-8(7-3-1-2-6(4-7)5-19)10(15)12(17)13(18)11(9)16;2-1(3,4)8(5,6)7/h1-12H;1-4H;(H,5,6,7). The summed E-state index contributed by atoms with van der Waals surface area (Å²) in [5.74, 6) is -45.6. The second-order valence-corrected chi connectivity index (χ2v) is 17.9. The molecule has 0 unspecified atom stereocenters. The van der Waals surface area contributed by atoms with Crippen molar-refractivity contribution in [2.45, 2.75) is 5.51 Å². The average Bonchev–Trinajstić information content (AvgIpc) is 1.36. The molecule has 1 heterocycles. The van der Waals surface area contributed by atoms with Crippen LogP contribution < -0.4 is 0 Å². The minimum absolute atomic E-state index is 0.0430. The van der Waals surface area contributed by atoms with E-state index in [0.29, 0.717) is 0 Å². The van der Waals surface area contributed by atoms with Gasteiger partial charge >= 0.3 is 15.6 Å². The highest BCUT2D eigenvalue weighted by Gasteiger charge is 2.44. The molecular formula is C53H17F23N4O3S. The van der Waals surface area contributed by atoms with E-state index < -0.39 is 188 Å². The smallest absolute Gasteiger partial charge is 0.279 e. The Morgan fingerprint density at radius 1 is 0.321 bits per heavy atom. The lowest BCUT2D eigenvalue weighted by Gasteiger charge is -2.13. The topological polar surface area (TPSA) is 117 Å². The first-order valence-electron chi connectivity index (χ1n) is 21.9. The molecule has 0 saturated carbocycles. The van der Waals surface area contributed by atoms with Crippen molar-refractivity contribution in [2.75, 3.05) is 0 Å². The molecule has 84 heavy (non-hydrogen) atoms. The molecule has 0 aliphatic carbocycles. The first-order chi connectivity index (χ1) is 39.2.